The van der Waals surface area contributed by atoms with Gasteiger partial charge in [-0.2, -0.15) is 0 Å². The largest absolute Gasteiger partial charge is 0.508 e. The van der Waals surface area contributed by atoms with Crippen molar-refractivity contribution in [2.75, 3.05) is 6.54 Å². The van der Waals surface area contributed by atoms with Gasteiger partial charge in [0.05, 0.1) is 30.4 Å². The molecular weight excluding hydrogens is 1080 g/mol. The second-order valence-corrected chi connectivity index (χ2v) is 20.6. The molecule has 25 nitrogen and oxygen atoms in total. The highest BCUT2D eigenvalue weighted by molar-refractivity contribution is 6.30. The number of nitrogens with zero attached hydrogens (tertiary/aromatic N) is 3. The number of hydrogen-bond acceptors (Lipinski definition) is 16. The molecule has 82 heavy (non-hydrogen) atoms. The zero-order chi connectivity index (χ0) is 59.6. The molecule has 0 fully saturated rings. The van der Waals surface area contributed by atoms with E-state index in [1.165, 1.54) is 85.9 Å². The predicted molar refractivity (Wildman–Crippen MR) is 298 cm³/mol. The number of Topliss-reactive ketones (excluding diaryl/α,β-unsaturated/α-hetero) is 1. The predicted octanol–water partition coefficient (Wildman–Crippen LogP) is -1.22. The van der Waals surface area contributed by atoms with Gasteiger partial charge in [0.15, 0.2) is 5.78 Å². The van der Waals surface area contributed by atoms with Gasteiger partial charge in [-0.15, -0.1) is 5.10 Å². The lowest BCUT2D eigenvalue weighted by molar-refractivity contribution is -0.137. The fraction of sp³-hybridized carbons (Fsp3) is 0.375. The number of aliphatic hydroxyl groups is 1. The SMILES string of the molecule is C[C@@H](O)[C@@H]1NC(=O)[C@H](CCCCN)NC(=O)[C@@H](Cc2ccc(C(N)=O)cc2)NC(=O)[C@H](Cc2ccc(O)cc2)CC(=O)[C@@H](NC(=O)[C@@H](N)Cc2ccc(Cl)cc2)Cc2cn(nn2)C[C@@H](C(=O)N[C@H](Cc2ccc(O)cc2)C(N)=O)NC1=O. The van der Waals surface area contributed by atoms with Crippen LogP contribution in [0.5, 0.6) is 11.5 Å². The van der Waals surface area contributed by atoms with Crippen LogP contribution >= 0.6 is 11.6 Å². The first-order valence-electron chi connectivity index (χ1n) is 26.4. The first kappa shape index (κ1) is 62.4. The second-order valence-electron chi connectivity index (χ2n) is 20.2. The van der Waals surface area contributed by atoms with Gasteiger partial charge in [0.25, 0.3) is 0 Å². The molecular formula is C56H68ClN13O12. The van der Waals surface area contributed by atoms with Crippen molar-refractivity contribution in [2.45, 2.75) is 120 Å². The number of nitrogens with two attached hydrogens (primary N) is 4. The van der Waals surface area contributed by atoms with Crippen molar-refractivity contribution in [2.24, 2.45) is 28.9 Å². The number of nitrogens with one attached hydrogen (secondary N) is 6. The van der Waals surface area contributed by atoms with Crippen molar-refractivity contribution in [3.63, 3.8) is 0 Å². The normalized spacial score (nSPS) is 20.5. The number of benzene rings is 4. The first-order chi connectivity index (χ1) is 39.0. The summed E-state index contributed by atoms with van der Waals surface area (Å²) < 4.78 is 1.12. The summed E-state index contributed by atoms with van der Waals surface area (Å²) in [6.45, 7) is 0.856. The third-order valence-corrected chi connectivity index (χ3v) is 13.9. The summed E-state index contributed by atoms with van der Waals surface area (Å²) >= 11 is 6.09. The van der Waals surface area contributed by atoms with Crippen LogP contribution < -0.4 is 54.8 Å². The number of carbonyl (C=O) groups excluding carboxylic acids is 9. The lowest BCUT2D eigenvalue weighted by Gasteiger charge is -2.28. The highest BCUT2D eigenvalue weighted by Gasteiger charge is 2.37. The number of unbranched alkanes of at least 4 members (excludes halogenated alkanes) is 1. The van der Waals surface area contributed by atoms with Crippen LogP contribution in [-0.2, 0) is 77.0 Å². The van der Waals surface area contributed by atoms with Crippen molar-refractivity contribution in [3.8, 4) is 11.5 Å². The molecule has 0 spiro atoms. The molecule has 8 amide bonds. The minimum atomic E-state index is -1.80. The number of primary amides is 2. The summed E-state index contributed by atoms with van der Waals surface area (Å²) in [5, 5.41) is 55.5. The Morgan fingerprint density at radius 2 is 1.29 bits per heavy atom. The number of rotatable bonds is 19. The summed E-state index contributed by atoms with van der Waals surface area (Å²) in [6, 6.07) is 13.5. The Bertz CT molecular complexity index is 3050. The minimum Gasteiger partial charge on any atom is -0.508 e. The number of aromatic hydroxyl groups is 2. The van der Waals surface area contributed by atoms with E-state index < -0.39 is 120 Å². The highest BCUT2D eigenvalue weighted by Crippen LogP contribution is 2.21. The molecule has 2 heterocycles. The average molecular weight is 1150 g/mol. The molecule has 1 aliphatic heterocycles. The van der Waals surface area contributed by atoms with E-state index in [0.717, 1.165) is 4.68 Å². The second kappa shape index (κ2) is 29.6. The summed E-state index contributed by atoms with van der Waals surface area (Å²) in [4.78, 5) is 126. The average Bonchev–Trinajstić information content (AvgIpc) is 3.91. The number of hydrogen-bond donors (Lipinski definition) is 13. The van der Waals surface area contributed by atoms with Gasteiger partial charge in [-0.3, -0.25) is 43.2 Å². The van der Waals surface area contributed by atoms with Crippen molar-refractivity contribution in [1.29, 1.82) is 0 Å². The molecule has 0 saturated heterocycles. The smallest absolute Gasteiger partial charge is 0.248 e. The molecule has 0 saturated carbocycles. The van der Waals surface area contributed by atoms with Crippen LogP contribution in [0.1, 0.15) is 70.9 Å². The zero-order valence-electron chi connectivity index (χ0n) is 44.8. The van der Waals surface area contributed by atoms with Crippen molar-refractivity contribution in [3.05, 3.63) is 142 Å². The summed E-state index contributed by atoms with van der Waals surface area (Å²) in [5.41, 5.74) is 25.7. The van der Waals surface area contributed by atoms with Crippen molar-refractivity contribution in [1.82, 2.24) is 46.9 Å². The molecule has 0 radical (unpaired) electrons. The van der Waals surface area contributed by atoms with Gasteiger partial charge in [-0.1, -0.05) is 65.3 Å². The standard InChI is InChI=1S/C56H68ClN13O12/c1-30(71)48-56(82)66-46(55(81)64-44(50(61)76)24-34-11-19-40(73)20-12-34)29-70-28-38(68-69-70)27-43(63-52(78)41(59)23-32-7-15-37(57)16-8-32)47(74)26-36(22-31-9-17-39(72)18-10-31)51(77)65-45(25-33-5-13-35(14-6-33)49(60)75)54(80)62-42(53(79)67-48)4-2-3-21-58/h5-20,28,30,36,41-46,48,71-73H,2-4,21-27,29,58-59H2,1H3,(H2,60,75)(H2,61,76)(H,62,80)(H,63,78)(H,64,81)(H,65,77)(H,66,82)(H,67,79)/t30-,36-,41+,42+,43+,44-,45-,46+,48+/m1/s1. The number of ketones is 1. The quantitative estimate of drug-likeness (QED) is 0.0431. The highest BCUT2D eigenvalue weighted by atomic mass is 35.5. The van der Waals surface area contributed by atoms with Gasteiger partial charge < -0.3 is 70.2 Å². The maximum Gasteiger partial charge on any atom is 0.248 e. The van der Waals surface area contributed by atoms with Gasteiger partial charge >= 0.3 is 0 Å². The van der Waals surface area contributed by atoms with Crippen LogP contribution in [0.3, 0.4) is 0 Å². The summed E-state index contributed by atoms with van der Waals surface area (Å²) in [5.74, 6) is -9.39. The van der Waals surface area contributed by atoms with Crippen LogP contribution in [0.15, 0.2) is 103 Å². The Morgan fingerprint density at radius 1 is 0.720 bits per heavy atom. The molecule has 17 N–H and O–H groups in total. The zero-order valence-corrected chi connectivity index (χ0v) is 45.6. The van der Waals surface area contributed by atoms with Gasteiger partial charge in [-0.25, -0.2) is 4.68 Å². The van der Waals surface area contributed by atoms with Crippen LogP contribution in [0, 0.1) is 5.92 Å². The summed E-state index contributed by atoms with van der Waals surface area (Å²) in [6.07, 6.45) is -1.23. The number of aromatic nitrogens is 3. The Balaban J connectivity index is 1.44. The van der Waals surface area contributed by atoms with Gasteiger partial charge in [-0.05, 0) is 116 Å². The van der Waals surface area contributed by atoms with Crippen molar-refractivity contribution >= 4 is 64.6 Å². The van der Waals surface area contributed by atoms with Crippen LogP contribution in [-0.4, -0.2) is 138 Å². The molecule has 436 valence electrons. The van der Waals surface area contributed by atoms with Crippen LogP contribution in [0.2, 0.25) is 5.02 Å². The first-order valence-corrected chi connectivity index (χ1v) is 26.8. The fourth-order valence-corrected chi connectivity index (χ4v) is 9.14. The third kappa shape index (κ3) is 18.7. The molecule has 6 rings (SSSR count). The summed E-state index contributed by atoms with van der Waals surface area (Å²) in [7, 11) is 0. The monoisotopic (exact) mass is 1150 g/mol. The lowest BCUT2D eigenvalue weighted by Crippen LogP contribution is -2.62. The Hall–Kier alpha value is -8.78. The van der Waals surface area contributed by atoms with E-state index in [-0.39, 0.29) is 74.2 Å². The number of fused-ring (bicyclic) bond motifs is 2. The molecule has 5 aromatic rings. The van der Waals surface area contributed by atoms with E-state index in [1.807, 2.05) is 0 Å². The molecule has 9 atom stereocenters. The lowest BCUT2D eigenvalue weighted by atomic mass is 9.89. The molecule has 0 aliphatic carbocycles. The molecule has 26 heteroatoms. The fourth-order valence-electron chi connectivity index (χ4n) is 9.02. The van der Waals surface area contributed by atoms with E-state index >= 15 is 0 Å². The minimum absolute atomic E-state index is 0.0202. The van der Waals surface area contributed by atoms with E-state index in [2.05, 4.69) is 42.2 Å². The number of aliphatic hydroxyl groups excluding tert-OH is 1. The van der Waals surface area contributed by atoms with E-state index in [4.69, 9.17) is 34.5 Å². The third-order valence-electron chi connectivity index (χ3n) is 13.6. The molecule has 4 aromatic carbocycles. The van der Waals surface area contributed by atoms with Crippen molar-refractivity contribution < 1.29 is 58.5 Å². The van der Waals surface area contributed by atoms with Gasteiger partial charge in [0.1, 0.15) is 41.7 Å². The van der Waals surface area contributed by atoms with E-state index in [0.29, 0.717) is 33.7 Å². The Labute approximate surface area is 476 Å². The maximum absolute atomic E-state index is 14.9. The number of phenols is 2. The van der Waals surface area contributed by atoms with Crippen LogP contribution in [0.4, 0.5) is 0 Å². The number of phenolic OH excluding ortho intramolecular Hbond substituents is 2. The Kier molecular flexibility index (Phi) is 22.5. The molecule has 1 aromatic heterocycles. The molecule has 0 unspecified atom stereocenters. The molecule has 2 bridgehead atoms. The number of halogens is 1. The van der Waals surface area contributed by atoms with E-state index in [1.54, 1.807) is 24.3 Å². The van der Waals surface area contributed by atoms with E-state index in [9.17, 15) is 58.5 Å². The molecule has 1 aliphatic rings. The maximum atomic E-state index is 14.9. The van der Waals surface area contributed by atoms with Crippen LogP contribution in [0.25, 0.3) is 0 Å². The van der Waals surface area contributed by atoms with Gasteiger partial charge in [0.2, 0.25) is 47.3 Å². The topological polar surface area (TPSA) is 421 Å². The Morgan fingerprint density at radius 3 is 1.90 bits per heavy atom. The van der Waals surface area contributed by atoms with Gasteiger partial charge in [0, 0.05) is 48.4 Å². The number of carbonyl (C=O) groups is 9. The number of amides is 8.